The summed E-state index contributed by atoms with van der Waals surface area (Å²) >= 11 is 1.52. The molecule has 1 atom stereocenters. The van der Waals surface area contributed by atoms with Crippen LogP contribution in [0.4, 0.5) is 0 Å². The van der Waals surface area contributed by atoms with Crippen molar-refractivity contribution in [2.75, 3.05) is 27.2 Å². The van der Waals surface area contributed by atoms with Crippen molar-refractivity contribution in [3.63, 3.8) is 0 Å². The molecule has 0 spiro atoms. The number of nitrogens with one attached hydrogen (secondary N) is 1. The molecule has 1 N–H and O–H groups in total. The third-order valence-electron chi connectivity index (χ3n) is 4.74. The molecule has 0 aliphatic carbocycles. The fourth-order valence-corrected chi connectivity index (χ4v) is 4.80. The maximum atomic E-state index is 12.7. The molecule has 3 aromatic heterocycles. The van der Waals surface area contributed by atoms with E-state index in [0.717, 1.165) is 46.8 Å². The number of aromatic amines is 1. The number of hydrogen-bond acceptors (Lipinski definition) is 5. The fraction of sp³-hybridized carbons (Fsp3) is 0.389. The number of carbonyl (C=O) groups is 1. The minimum atomic E-state index is 0.0741. The summed E-state index contributed by atoms with van der Waals surface area (Å²) in [7, 11) is 3.62. The molecule has 0 bridgehead atoms. The van der Waals surface area contributed by atoms with Crippen molar-refractivity contribution in [1.82, 2.24) is 25.0 Å². The largest absolute Gasteiger partial charge is 0.344 e. The molecule has 1 saturated heterocycles. The maximum absolute atomic E-state index is 12.7. The van der Waals surface area contributed by atoms with E-state index in [1.807, 2.05) is 26.2 Å². The highest BCUT2D eigenvalue weighted by Crippen LogP contribution is 2.39. The van der Waals surface area contributed by atoms with E-state index < -0.39 is 0 Å². The average molecular weight is 355 g/mol. The number of H-pyrrole nitrogens is 1. The normalized spacial score (nSPS) is 18.1. The molecule has 0 aromatic carbocycles. The van der Waals surface area contributed by atoms with Crippen LogP contribution in [0.5, 0.6) is 0 Å². The molecule has 0 unspecified atom stereocenters. The Bertz CT molecular complexity index is 886. The van der Waals surface area contributed by atoms with Crippen LogP contribution in [-0.2, 0) is 6.54 Å². The molecule has 1 aliphatic heterocycles. The zero-order valence-corrected chi connectivity index (χ0v) is 15.2. The van der Waals surface area contributed by atoms with E-state index in [4.69, 9.17) is 0 Å². The Kier molecular flexibility index (Phi) is 4.27. The Hall–Kier alpha value is -2.25. The predicted octanol–water partition coefficient (Wildman–Crippen LogP) is 2.71. The van der Waals surface area contributed by atoms with E-state index in [1.165, 1.54) is 16.9 Å². The number of aromatic nitrogens is 3. The molecule has 3 aromatic rings. The van der Waals surface area contributed by atoms with E-state index in [2.05, 4.69) is 26.1 Å². The van der Waals surface area contributed by atoms with Crippen molar-refractivity contribution in [2.24, 2.45) is 0 Å². The van der Waals surface area contributed by atoms with Crippen LogP contribution >= 0.6 is 11.3 Å². The molecular weight excluding hydrogens is 334 g/mol. The number of likely N-dealkylation sites (tertiary alicyclic amines) is 1. The second-order valence-corrected chi connectivity index (χ2v) is 7.70. The smallest absolute Gasteiger partial charge is 0.263 e. The van der Waals surface area contributed by atoms with Gasteiger partial charge in [0.1, 0.15) is 4.83 Å². The number of rotatable bonds is 4. The first-order valence-corrected chi connectivity index (χ1v) is 9.25. The fourth-order valence-electron chi connectivity index (χ4n) is 3.54. The lowest BCUT2D eigenvalue weighted by molar-refractivity contribution is 0.0831. The van der Waals surface area contributed by atoms with Crippen LogP contribution in [-0.4, -0.2) is 58.1 Å². The summed E-state index contributed by atoms with van der Waals surface area (Å²) in [6.45, 7) is 2.85. The van der Waals surface area contributed by atoms with Gasteiger partial charge in [-0.3, -0.25) is 14.8 Å². The van der Waals surface area contributed by atoms with Gasteiger partial charge in [0.15, 0.2) is 0 Å². The molecule has 0 saturated carbocycles. The standard InChI is InChI=1S/C18H21N5OS/c1-22(2)18(24)16-15(14-4-3-7-19-17(14)25-16)12-6-9-23(10-12)11-13-5-8-20-21-13/h3-5,7-8,12H,6,9-11H2,1-2H3,(H,20,21)/t12-/m1/s1. The highest BCUT2D eigenvalue weighted by Gasteiger charge is 2.31. The predicted molar refractivity (Wildman–Crippen MR) is 98.9 cm³/mol. The zero-order chi connectivity index (χ0) is 17.4. The average Bonchev–Trinajstić information content (AvgIpc) is 3.33. The van der Waals surface area contributed by atoms with E-state index in [-0.39, 0.29) is 5.91 Å². The van der Waals surface area contributed by atoms with Crippen molar-refractivity contribution < 1.29 is 4.79 Å². The Labute approximate surface area is 150 Å². The van der Waals surface area contributed by atoms with Gasteiger partial charge >= 0.3 is 0 Å². The molecule has 4 heterocycles. The van der Waals surface area contributed by atoms with Crippen LogP contribution in [0, 0.1) is 0 Å². The number of nitrogens with zero attached hydrogens (tertiary/aromatic N) is 4. The zero-order valence-electron chi connectivity index (χ0n) is 14.4. The van der Waals surface area contributed by atoms with Crippen molar-refractivity contribution in [1.29, 1.82) is 0 Å². The number of amides is 1. The molecule has 1 aliphatic rings. The second-order valence-electron chi connectivity index (χ2n) is 6.70. The molecule has 1 fully saturated rings. The Morgan fingerprint density at radius 2 is 2.28 bits per heavy atom. The number of thiophene rings is 1. The lowest BCUT2D eigenvalue weighted by atomic mass is 9.95. The molecule has 1 amide bonds. The van der Waals surface area contributed by atoms with Gasteiger partial charge in [-0.25, -0.2) is 4.98 Å². The van der Waals surface area contributed by atoms with Gasteiger partial charge < -0.3 is 4.90 Å². The Balaban J connectivity index is 1.66. The molecule has 7 heteroatoms. The lowest BCUT2D eigenvalue weighted by Gasteiger charge is -2.17. The summed E-state index contributed by atoms with van der Waals surface area (Å²) in [5.74, 6) is 0.435. The Morgan fingerprint density at radius 1 is 1.40 bits per heavy atom. The number of hydrogen-bond donors (Lipinski definition) is 1. The third-order valence-corrected chi connectivity index (χ3v) is 5.86. The van der Waals surface area contributed by atoms with E-state index in [1.54, 1.807) is 17.3 Å². The highest BCUT2D eigenvalue weighted by molar-refractivity contribution is 7.20. The molecule has 25 heavy (non-hydrogen) atoms. The maximum Gasteiger partial charge on any atom is 0.263 e. The van der Waals surface area contributed by atoms with Crippen molar-refractivity contribution in [2.45, 2.75) is 18.9 Å². The quantitative estimate of drug-likeness (QED) is 0.781. The number of fused-ring (bicyclic) bond motifs is 1. The molecule has 0 radical (unpaired) electrons. The van der Waals surface area contributed by atoms with Crippen LogP contribution in [0.1, 0.15) is 33.3 Å². The van der Waals surface area contributed by atoms with Gasteiger partial charge in [-0.05, 0) is 30.7 Å². The van der Waals surface area contributed by atoms with E-state index >= 15 is 0 Å². The summed E-state index contributed by atoms with van der Waals surface area (Å²) in [4.78, 5) is 23.1. The number of pyridine rings is 1. The lowest BCUT2D eigenvalue weighted by Crippen LogP contribution is -2.23. The van der Waals surface area contributed by atoms with E-state index in [9.17, 15) is 4.79 Å². The summed E-state index contributed by atoms with van der Waals surface area (Å²) < 4.78 is 0. The van der Waals surface area contributed by atoms with Crippen molar-refractivity contribution >= 4 is 27.5 Å². The minimum Gasteiger partial charge on any atom is -0.344 e. The van der Waals surface area contributed by atoms with Gasteiger partial charge in [0.25, 0.3) is 5.91 Å². The molecular formula is C18H21N5OS. The van der Waals surface area contributed by atoms with Crippen molar-refractivity contribution in [3.05, 3.63) is 46.7 Å². The van der Waals surface area contributed by atoms with Gasteiger partial charge in [0.2, 0.25) is 0 Å². The highest BCUT2D eigenvalue weighted by atomic mass is 32.1. The van der Waals surface area contributed by atoms with Gasteiger partial charge in [0.05, 0.1) is 4.88 Å². The summed E-state index contributed by atoms with van der Waals surface area (Å²) in [5, 5.41) is 8.18. The number of carbonyl (C=O) groups excluding carboxylic acids is 1. The van der Waals surface area contributed by atoms with Gasteiger partial charge in [-0.1, -0.05) is 6.07 Å². The SMILES string of the molecule is CN(C)C(=O)c1sc2ncccc2c1[C@@H]1CCN(Cc2ccn[nH]2)C1. The first kappa shape index (κ1) is 16.2. The van der Waals surface area contributed by atoms with Crippen LogP contribution < -0.4 is 0 Å². The summed E-state index contributed by atoms with van der Waals surface area (Å²) in [6, 6.07) is 6.07. The van der Waals surface area contributed by atoms with Crippen LogP contribution in [0.2, 0.25) is 0 Å². The topological polar surface area (TPSA) is 65.1 Å². The van der Waals surface area contributed by atoms with Gasteiger partial charge in [-0.15, -0.1) is 11.3 Å². The summed E-state index contributed by atoms with van der Waals surface area (Å²) in [6.07, 6.45) is 4.64. The minimum absolute atomic E-state index is 0.0741. The molecule has 4 rings (SSSR count). The molecule has 6 nitrogen and oxygen atoms in total. The van der Waals surface area contributed by atoms with Crippen molar-refractivity contribution in [3.8, 4) is 0 Å². The van der Waals surface area contributed by atoms with E-state index in [0.29, 0.717) is 5.92 Å². The second kappa shape index (κ2) is 6.57. The van der Waals surface area contributed by atoms with Gasteiger partial charge in [0, 0.05) is 56.6 Å². The first-order valence-electron chi connectivity index (χ1n) is 8.43. The third kappa shape index (κ3) is 3.05. The Morgan fingerprint density at radius 3 is 3.04 bits per heavy atom. The summed E-state index contributed by atoms with van der Waals surface area (Å²) in [5.41, 5.74) is 2.31. The van der Waals surface area contributed by atoms with Crippen LogP contribution in [0.3, 0.4) is 0 Å². The van der Waals surface area contributed by atoms with Crippen LogP contribution in [0.15, 0.2) is 30.6 Å². The van der Waals surface area contributed by atoms with Gasteiger partial charge in [-0.2, -0.15) is 5.10 Å². The first-order chi connectivity index (χ1) is 12.1. The molecule has 130 valence electrons. The monoisotopic (exact) mass is 355 g/mol. The van der Waals surface area contributed by atoms with Crippen LogP contribution in [0.25, 0.3) is 10.2 Å².